The molecule has 1 aliphatic carbocycles. The third-order valence-electron chi connectivity index (χ3n) is 5.68. The number of nitrogens with one attached hydrogen (secondary N) is 1. The molecule has 0 radical (unpaired) electrons. The summed E-state index contributed by atoms with van der Waals surface area (Å²) in [6.07, 6.45) is 5.43. The standard InChI is InChI=1S/C23H25NO5/c1-13(25)29-17-9-8-14(12-20(17)28-4)22-16-7-5-6-15(16)21-18(26-2)10-11-19(27-3)23(21)24-22/h5-6,8-12,15-16,22,24H,7H2,1-4H3. The van der Waals surface area contributed by atoms with Gasteiger partial charge in [0, 0.05) is 18.4 Å². The van der Waals surface area contributed by atoms with E-state index in [4.69, 9.17) is 18.9 Å². The Hall–Kier alpha value is -3.15. The smallest absolute Gasteiger partial charge is 0.308 e. The Morgan fingerprint density at radius 3 is 2.34 bits per heavy atom. The second-order valence-electron chi connectivity index (χ2n) is 7.24. The Balaban J connectivity index is 1.78. The Morgan fingerprint density at radius 1 is 0.966 bits per heavy atom. The van der Waals surface area contributed by atoms with Gasteiger partial charge < -0.3 is 24.3 Å². The van der Waals surface area contributed by atoms with Crippen LogP contribution in [-0.4, -0.2) is 27.3 Å². The van der Waals surface area contributed by atoms with Gasteiger partial charge in [0.15, 0.2) is 11.5 Å². The molecule has 2 aromatic carbocycles. The number of hydrogen-bond donors (Lipinski definition) is 1. The van der Waals surface area contributed by atoms with E-state index in [0.717, 1.165) is 34.7 Å². The molecule has 0 bridgehead atoms. The van der Waals surface area contributed by atoms with Crippen molar-refractivity contribution in [2.24, 2.45) is 5.92 Å². The fourth-order valence-corrected chi connectivity index (χ4v) is 4.44. The summed E-state index contributed by atoms with van der Waals surface area (Å²) in [6.45, 7) is 1.38. The van der Waals surface area contributed by atoms with Gasteiger partial charge in [0.2, 0.25) is 0 Å². The van der Waals surface area contributed by atoms with Crippen LogP contribution in [-0.2, 0) is 4.79 Å². The number of hydrogen-bond acceptors (Lipinski definition) is 6. The highest BCUT2D eigenvalue weighted by Gasteiger charge is 2.41. The lowest BCUT2D eigenvalue weighted by molar-refractivity contribution is -0.132. The van der Waals surface area contributed by atoms with Gasteiger partial charge in [-0.2, -0.15) is 0 Å². The number of anilines is 1. The molecule has 6 nitrogen and oxygen atoms in total. The molecule has 1 aliphatic heterocycles. The van der Waals surface area contributed by atoms with Gasteiger partial charge in [-0.25, -0.2) is 0 Å². The predicted molar refractivity (Wildman–Crippen MR) is 110 cm³/mol. The summed E-state index contributed by atoms with van der Waals surface area (Å²) < 4.78 is 22.0. The number of benzene rings is 2. The van der Waals surface area contributed by atoms with Gasteiger partial charge in [0.05, 0.1) is 33.1 Å². The Bertz CT molecular complexity index is 968. The molecule has 6 heteroatoms. The van der Waals surface area contributed by atoms with E-state index < -0.39 is 0 Å². The minimum absolute atomic E-state index is 0.0452. The first-order valence-corrected chi connectivity index (χ1v) is 9.61. The first-order chi connectivity index (χ1) is 14.1. The highest BCUT2D eigenvalue weighted by Crippen LogP contribution is 2.55. The summed E-state index contributed by atoms with van der Waals surface area (Å²) in [7, 11) is 4.94. The van der Waals surface area contributed by atoms with Crippen molar-refractivity contribution in [3.63, 3.8) is 0 Å². The number of ether oxygens (including phenoxy) is 4. The zero-order valence-electron chi connectivity index (χ0n) is 17.0. The van der Waals surface area contributed by atoms with Gasteiger partial charge in [0.25, 0.3) is 0 Å². The van der Waals surface area contributed by atoms with E-state index in [1.807, 2.05) is 24.3 Å². The summed E-state index contributed by atoms with van der Waals surface area (Å²) in [4.78, 5) is 11.4. The maximum atomic E-state index is 11.4. The maximum absolute atomic E-state index is 11.4. The molecule has 0 amide bonds. The van der Waals surface area contributed by atoms with Crippen LogP contribution < -0.4 is 24.3 Å². The van der Waals surface area contributed by atoms with Crippen LogP contribution in [0.3, 0.4) is 0 Å². The maximum Gasteiger partial charge on any atom is 0.308 e. The molecule has 0 aromatic heterocycles. The number of carbonyl (C=O) groups is 1. The molecular weight excluding hydrogens is 370 g/mol. The van der Waals surface area contributed by atoms with Gasteiger partial charge in [-0.15, -0.1) is 0 Å². The molecule has 0 fully saturated rings. The first kappa shape index (κ1) is 19.2. The van der Waals surface area contributed by atoms with Crippen LogP contribution in [0.15, 0.2) is 42.5 Å². The second kappa shape index (κ2) is 7.70. The SMILES string of the molecule is COc1cc(C2Nc3c(OC)ccc(OC)c3C3C=CCC32)ccc1OC(C)=O. The second-order valence-corrected chi connectivity index (χ2v) is 7.24. The number of fused-ring (bicyclic) bond motifs is 3. The summed E-state index contributed by atoms with van der Waals surface area (Å²) in [5, 5.41) is 3.68. The Kier molecular flexibility index (Phi) is 5.09. The van der Waals surface area contributed by atoms with Crippen LogP contribution in [0.25, 0.3) is 0 Å². The van der Waals surface area contributed by atoms with Crippen molar-refractivity contribution >= 4 is 11.7 Å². The van der Waals surface area contributed by atoms with E-state index in [2.05, 4.69) is 17.5 Å². The van der Waals surface area contributed by atoms with Crippen molar-refractivity contribution in [1.82, 2.24) is 0 Å². The normalized spacial score (nSPS) is 21.6. The summed E-state index contributed by atoms with van der Waals surface area (Å²) in [5.41, 5.74) is 3.14. The lowest BCUT2D eigenvalue weighted by atomic mass is 9.76. The summed E-state index contributed by atoms with van der Waals surface area (Å²) in [5.74, 6) is 2.76. The Morgan fingerprint density at radius 2 is 1.66 bits per heavy atom. The van der Waals surface area contributed by atoms with E-state index in [1.165, 1.54) is 6.92 Å². The topological polar surface area (TPSA) is 66.0 Å². The molecule has 0 saturated carbocycles. The van der Waals surface area contributed by atoms with Crippen molar-refractivity contribution in [2.45, 2.75) is 25.3 Å². The van der Waals surface area contributed by atoms with Crippen LogP contribution >= 0.6 is 0 Å². The van der Waals surface area contributed by atoms with Crippen molar-refractivity contribution in [3.8, 4) is 23.0 Å². The lowest BCUT2D eigenvalue weighted by Gasteiger charge is -2.38. The molecule has 1 N–H and O–H groups in total. The summed E-state index contributed by atoms with van der Waals surface area (Å²) in [6, 6.07) is 9.62. The molecule has 0 saturated heterocycles. The number of esters is 1. The van der Waals surface area contributed by atoms with E-state index >= 15 is 0 Å². The molecule has 2 aliphatic rings. The largest absolute Gasteiger partial charge is 0.496 e. The van der Waals surface area contributed by atoms with Gasteiger partial charge in [0.1, 0.15) is 11.5 Å². The molecule has 3 unspecified atom stereocenters. The van der Waals surface area contributed by atoms with E-state index in [-0.39, 0.29) is 17.9 Å². The number of carbonyl (C=O) groups excluding carboxylic acids is 1. The van der Waals surface area contributed by atoms with Gasteiger partial charge in [-0.1, -0.05) is 18.2 Å². The fourth-order valence-electron chi connectivity index (χ4n) is 4.44. The van der Waals surface area contributed by atoms with Crippen molar-refractivity contribution in [3.05, 3.63) is 53.6 Å². The average molecular weight is 395 g/mol. The van der Waals surface area contributed by atoms with Crippen LogP contribution in [0, 0.1) is 5.92 Å². The molecule has 0 spiro atoms. The fraction of sp³-hybridized carbons (Fsp3) is 0.348. The highest BCUT2D eigenvalue weighted by molar-refractivity contribution is 5.73. The zero-order valence-corrected chi connectivity index (χ0v) is 17.0. The van der Waals surface area contributed by atoms with Gasteiger partial charge in [-0.3, -0.25) is 4.79 Å². The Labute approximate surface area is 170 Å². The first-order valence-electron chi connectivity index (χ1n) is 9.61. The predicted octanol–water partition coefficient (Wildman–Crippen LogP) is 4.46. The van der Waals surface area contributed by atoms with Crippen molar-refractivity contribution in [1.29, 1.82) is 0 Å². The van der Waals surface area contributed by atoms with E-state index in [0.29, 0.717) is 17.4 Å². The van der Waals surface area contributed by atoms with Crippen LogP contribution in [0.1, 0.15) is 36.4 Å². The molecular formula is C23H25NO5. The minimum atomic E-state index is -0.377. The van der Waals surface area contributed by atoms with Crippen LogP contribution in [0.2, 0.25) is 0 Å². The lowest BCUT2D eigenvalue weighted by Crippen LogP contribution is -2.29. The van der Waals surface area contributed by atoms with Crippen molar-refractivity contribution < 1.29 is 23.7 Å². The van der Waals surface area contributed by atoms with E-state index in [9.17, 15) is 4.79 Å². The molecule has 1 heterocycles. The number of methoxy groups -OCH3 is 3. The van der Waals surface area contributed by atoms with Crippen LogP contribution in [0.4, 0.5) is 5.69 Å². The average Bonchev–Trinajstić information content (AvgIpc) is 3.22. The van der Waals surface area contributed by atoms with Gasteiger partial charge >= 0.3 is 5.97 Å². The highest BCUT2D eigenvalue weighted by atomic mass is 16.6. The minimum Gasteiger partial charge on any atom is -0.496 e. The van der Waals surface area contributed by atoms with E-state index in [1.54, 1.807) is 27.4 Å². The zero-order chi connectivity index (χ0) is 20.5. The molecule has 29 heavy (non-hydrogen) atoms. The summed E-state index contributed by atoms with van der Waals surface area (Å²) >= 11 is 0. The molecule has 152 valence electrons. The van der Waals surface area contributed by atoms with Crippen molar-refractivity contribution in [2.75, 3.05) is 26.6 Å². The quantitative estimate of drug-likeness (QED) is 0.458. The molecule has 3 atom stereocenters. The monoisotopic (exact) mass is 395 g/mol. The van der Waals surface area contributed by atoms with Crippen LogP contribution in [0.5, 0.6) is 23.0 Å². The number of rotatable bonds is 5. The number of allylic oxidation sites excluding steroid dienone is 2. The van der Waals surface area contributed by atoms with Gasteiger partial charge in [-0.05, 0) is 42.2 Å². The third kappa shape index (κ3) is 3.28. The third-order valence-corrected chi connectivity index (χ3v) is 5.68. The molecule has 4 rings (SSSR count). The molecule has 2 aromatic rings.